The Morgan fingerprint density at radius 3 is 2.50 bits per heavy atom. The predicted octanol–water partition coefficient (Wildman–Crippen LogP) is 4.03. The summed E-state index contributed by atoms with van der Waals surface area (Å²) in [4.78, 5) is 27.7. The van der Waals surface area contributed by atoms with Gasteiger partial charge in [0.2, 0.25) is 5.91 Å². The van der Waals surface area contributed by atoms with Gasteiger partial charge in [-0.3, -0.25) is 4.79 Å². The predicted molar refractivity (Wildman–Crippen MR) is 109 cm³/mol. The molecule has 0 aliphatic heterocycles. The number of hydrogen-bond acceptors (Lipinski definition) is 6. The zero-order chi connectivity index (χ0) is 20.1. The van der Waals surface area contributed by atoms with Crippen LogP contribution in [0.4, 0.5) is 16.5 Å². The van der Waals surface area contributed by atoms with Crippen LogP contribution >= 0.6 is 11.3 Å². The van der Waals surface area contributed by atoms with Gasteiger partial charge in [0.25, 0.3) is 0 Å². The topological polar surface area (TPSA) is 112 Å². The number of aryl methyl sites for hydroxylation is 1. The van der Waals surface area contributed by atoms with Crippen LogP contribution in [0, 0.1) is 0 Å². The molecule has 1 heterocycles. The summed E-state index contributed by atoms with van der Waals surface area (Å²) in [6.45, 7) is 2.10. The molecule has 0 unspecified atom stereocenters. The first kappa shape index (κ1) is 19.4. The van der Waals surface area contributed by atoms with Crippen molar-refractivity contribution >= 4 is 39.7 Å². The number of rotatable bonds is 7. The minimum absolute atomic E-state index is 0.0518. The van der Waals surface area contributed by atoms with E-state index >= 15 is 0 Å². The van der Waals surface area contributed by atoms with E-state index in [4.69, 9.17) is 5.11 Å². The van der Waals surface area contributed by atoms with Gasteiger partial charge in [-0.1, -0.05) is 19.1 Å². The minimum atomic E-state index is -1.27. The number of aromatic nitrogens is 1. The largest absolute Gasteiger partial charge is 0.507 e. The fraction of sp³-hybridized carbons (Fsp3) is 0.150. The van der Waals surface area contributed by atoms with Gasteiger partial charge < -0.3 is 20.8 Å². The Morgan fingerprint density at radius 1 is 1.11 bits per heavy atom. The van der Waals surface area contributed by atoms with E-state index in [9.17, 15) is 14.7 Å². The van der Waals surface area contributed by atoms with E-state index < -0.39 is 5.97 Å². The number of aromatic hydroxyl groups is 1. The number of phenols is 1. The number of nitrogens with one attached hydrogen (secondary N) is 2. The van der Waals surface area contributed by atoms with E-state index in [1.54, 1.807) is 5.38 Å². The smallest absolute Gasteiger partial charge is 0.339 e. The highest BCUT2D eigenvalue weighted by molar-refractivity contribution is 7.13. The van der Waals surface area contributed by atoms with E-state index in [1.165, 1.54) is 35.1 Å². The average Bonchev–Trinajstić information content (AvgIpc) is 3.10. The van der Waals surface area contributed by atoms with Crippen LogP contribution in [0.5, 0.6) is 5.75 Å². The van der Waals surface area contributed by atoms with Crippen LogP contribution in [0.15, 0.2) is 47.8 Å². The Bertz CT molecular complexity index is 999. The first-order valence-electron chi connectivity index (χ1n) is 8.61. The van der Waals surface area contributed by atoms with Gasteiger partial charge in [-0.25, -0.2) is 9.78 Å². The Balaban J connectivity index is 1.60. The average molecular weight is 397 g/mol. The van der Waals surface area contributed by atoms with Crippen LogP contribution in [-0.4, -0.2) is 27.1 Å². The molecule has 4 N–H and O–H groups in total. The molecule has 0 fully saturated rings. The molecule has 0 aliphatic carbocycles. The third kappa shape index (κ3) is 4.86. The third-order valence-electron chi connectivity index (χ3n) is 4.02. The van der Waals surface area contributed by atoms with E-state index in [2.05, 4.69) is 22.5 Å². The molecule has 28 heavy (non-hydrogen) atoms. The van der Waals surface area contributed by atoms with Gasteiger partial charge in [0, 0.05) is 16.8 Å². The second-order valence-corrected chi connectivity index (χ2v) is 6.94. The molecule has 0 spiro atoms. The lowest BCUT2D eigenvalue weighted by molar-refractivity contribution is -0.115. The Kier molecular flexibility index (Phi) is 5.90. The summed E-state index contributed by atoms with van der Waals surface area (Å²) in [5.41, 5.74) is 2.81. The van der Waals surface area contributed by atoms with Crippen LogP contribution < -0.4 is 10.6 Å². The van der Waals surface area contributed by atoms with E-state index in [0.717, 1.165) is 12.1 Å². The number of aromatic carboxylic acids is 1. The molecule has 0 atom stereocenters. The molecular formula is C20H19N3O4S. The fourth-order valence-electron chi connectivity index (χ4n) is 2.55. The highest BCUT2D eigenvalue weighted by atomic mass is 32.1. The SMILES string of the molecule is CCc1ccc(Nc2nc(CC(=O)Nc3ccc(O)c(C(=O)O)c3)cs2)cc1. The number of nitrogens with zero attached hydrogens (tertiary/aromatic N) is 1. The van der Waals surface area contributed by atoms with Crippen LogP contribution in [0.25, 0.3) is 0 Å². The molecule has 3 aromatic rings. The summed E-state index contributed by atoms with van der Waals surface area (Å²) < 4.78 is 0. The summed E-state index contributed by atoms with van der Waals surface area (Å²) in [7, 11) is 0. The molecule has 0 saturated heterocycles. The van der Waals surface area contributed by atoms with Gasteiger partial charge in [0.15, 0.2) is 5.13 Å². The summed E-state index contributed by atoms with van der Waals surface area (Å²) >= 11 is 1.40. The van der Waals surface area contributed by atoms with Crippen molar-refractivity contribution < 1.29 is 19.8 Å². The molecule has 8 heteroatoms. The summed E-state index contributed by atoms with van der Waals surface area (Å²) in [5.74, 6) is -1.95. The Labute approximate surface area is 165 Å². The van der Waals surface area contributed by atoms with E-state index in [-0.39, 0.29) is 23.6 Å². The number of carboxylic acid groups (broad SMARTS) is 1. The molecule has 0 radical (unpaired) electrons. The van der Waals surface area contributed by atoms with Crippen molar-refractivity contribution in [2.24, 2.45) is 0 Å². The fourth-order valence-corrected chi connectivity index (χ4v) is 3.28. The lowest BCUT2D eigenvalue weighted by Gasteiger charge is -2.06. The van der Waals surface area contributed by atoms with Gasteiger partial charge in [0.1, 0.15) is 11.3 Å². The van der Waals surface area contributed by atoms with Crippen molar-refractivity contribution in [3.8, 4) is 5.75 Å². The van der Waals surface area contributed by atoms with Gasteiger partial charge >= 0.3 is 5.97 Å². The standard InChI is InChI=1S/C20H19N3O4S/c1-2-12-3-5-13(6-4-12)22-20-23-15(11-28-20)10-18(25)21-14-7-8-17(24)16(9-14)19(26)27/h3-9,11,24H,2,10H2,1H3,(H,21,25)(H,22,23)(H,26,27). The molecular weight excluding hydrogens is 378 g/mol. The number of benzene rings is 2. The molecule has 144 valence electrons. The number of carbonyl (C=O) groups excluding carboxylic acids is 1. The second kappa shape index (κ2) is 8.53. The first-order valence-corrected chi connectivity index (χ1v) is 9.49. The lowest BCUT2D eigenvalue weighted by Crippen LogP contribution is -2.15. The van der Waals surface area contributed by atoms with E-state index in [0.29, 0.717) is 16.5 Å². The number of amides is 1. The monoisotopic (exact) mass is 397 g/mol. The second-order valence-electron chi connectivity index (χ2n) is 6.08. The lowest BCUT2D eigenvalue weighted by atomic mass is 10.1. The van der Waals surface area contributed by atoms with Crippen molar-refractivity contribution in [3.63, 3.8) is 0 Å². The number of hydrogen-bond donors (Lipinski definition) is 4. The van der Waals surface area contributed by atoms with Crippen LogP contribution in [0.2, 0.25) is 0 Å². The van der Waals surface area contributed by atoms with Gasteiger partial charge in [-0.2, -0.15) is 0 Å². The quantitative estimate of drug-likeness (QED) is 0.448. The molecule has 1 amide bonds. The van der Waals surface area contributed by atoms with Gasteiger partial charge in [-0.05, 0) is 42.3 Å². The van der Waals surface area contributed by atoms with Crippen molar-refractivity contribution in [2.75, 3.05) is 10.6 Å². The summed E-state index contributed by atoms with van der Waals surface area (Å²) in [5, 5.41) is 26.8. The van der Waals surface area contributed by atoms with Gasteiger partial charge in [-0.15, -0.1) is 11.3 Å². The molecule has 0 saturated carbocycles. The number of thiazole rings is 1. The van der Waals surface area contributed by atoms with Crippen molar-refractivity contribution in [1.29, 1.82) is 0 Å². The maximum absolute atomic E-state index is 12.2. The molecule has 0 bridgehead atoms. The Hall–Kier alpha value is -3.39. The summed E-state index contributed by atoms with van der Waals surface area (Å²) in [6.07, 6.45) is 1.03. The number of carboxylic acids is 1. The highest BCUT2D eigenvalue weighted by Gasteiger charge is 2.13. The highest BCUT2D eigenvalue weighted by Crippen LogP contribution is 2.23. The van der Waals surface area contributed by atoms with Crippen molar-refractivity contribution in [3.05, 3.63) is 64.7 Å². The van der Waals surface area contributed by atoms with E-state index in [1.807, 2.05) is 24.3 Å². The van der Waals surface area contributed by atoms with Gasteiger partial charge in [0.05, 0.1) is 12.1 Å². The third-order valence-corrected chi connectivity index (χ3v) is 4.82. The maximum Gasteiger partial charge on any atom is 0.339 e. The normalized spacial score (nSPS) is 10.5. The first-order chi connectivity index (χ1) is 13.4. The molecule has 3 rings (SSSR count). The zero-order valence-electron chi connectivity index (χ0n) is 15.1. The van der Waals surface area contributed by atoms with Crippen molar-refractivity contribution in [1.82, 2.24) is 4.98 Å². The minimum Gasteiger partial charge on any atom is -0.507 e. The number of carbonyl (C=O) groups is 2. The maximum atomic E-state index is 12.2. The number of anilines is 3. The molecule has 1 aromatic heterocycles. The van der Waals surface area contributed by atoms with Crippen molar-refractivity contribution in [2.45, 2.75) is 19.8 Å². The van der Waals surface area contributed by atoms with Crippen LogP contribution in [0.1, 0.15) is 28.5 Å². The molecule has 2 aromatic carbocycles. The van der Waals surface area contributed by atoms with Crippen LogP contribution in [-0.2, 0) is 17.6 Å². The molecule has 0 aliphatic rings. The summed E-state index contributed by atoms with van der Waals surface area (Å²) in [6, 6.07) is 11.9. The Morgan fingerprint density at radius 2 is 1.82 bits per heavy atom. The zero-order valence-corrected chi connectivity index (χ0v) is 15.9. The molecule has 7 nitrogen and oxygen atoms in total. The van der Waals surface area contributed by atoms with Crippen LogP contribution in [0.3, 0.4) is 0 Å².